The molecule has 0 spiro atoms. The molecule has 0 aromatic carbocycles. The van der Waals surface area contributed by atoms with E-state index in [-0.39, 0.29) is 31.1 Å². The van der Waals surface area contributed by atoms with Gasteiger partial charge in [-0.05, 0) is 116 Å². The van der Waals surface area contributed by atoms with E-state index < -0.39 is 6.10 Å². The highest BCUT2D eigenvalue weighted by atomic mass is 16.6. The summed E-state index contributed by atoms with van der Waals surface area (Å²) in [6.07, 6.45) is 77.2. The number of esters is 3. The second kappa shape index (κ2) is 59.2. The van der Waals surface area contributed by atoms with Gasteiger partial charge in [-0.1, -0.05) is 241 Å². The van der Waals surface area contributed by atoms with Crippen molar-refractivity contribution in [2.75, 3.05) is 13.2 Å². The maximum Gasteiger partial charge on any atom is 0.306 e. The van der Waals surface area contributed by atoms with Crippen LogP contribution >= 0.6 is 0 Å². The van der Waals surface area contributed by atoms with Gasteiger partial charge in [0.1, 0.15) is 13.2 Å². The Labute approximate surface area is 439 Å². The van der Waals surface area contributed by atoms with Gasteiger partial charge in [-0.3, -0.25) is 14.4 Å². The molecule has 0 aliphatic rings. The first-order valence-corrected chi connectivity index (χ1v) is 30.1. The van der Waals surface area contributed by atoms with Crippen LogP contribution in [0.2, 0.25) is 0 Å². The first kappa shape index (κ1) is 67.6. The summed E-state index contributed by atoms with van der Waals surface area (Å²) in [6.45, 7) is 6.47. The summed E-state index contributed by atoms with van der Waals surface area (Å²) in [5.41, 5.74) is 0. The molecule has 0 saturated carbocycles. The van der Waals surface area contributed by atoms with Crippen LogP contribution in [0.3, 0.4) is 0 Å². The molecule has 0 radical (unpaired) electrons. The molecule has 0 aliphatic heterocycles. The molecule has 0 N–H and O–H groups in total. The van der Waals surface area contributed by atoms with Crippen molar-refractivity contribution < 1.29 is 28.6 Å². The van der Waals surface area contributed by atoms with E-state index in [1.54, 1.807) is 0 Å². The molecule has 1 unspecified atom stereocenters. The molecule has 0 aliphatic carbocycles. The molecule has 1 atom stereocenters. The molecule has 0 aromatic heterocycles. The van der Waals surface area contributed by atoms with Crippen LogP contribution in [0.5, 0.6) is 0 Å². The van der Waals surface area contributed by atoms with Gasteiger partial charge in [0.15, 0.2) is 6.10 Å². The highest BCUT2D eigenvalue weighted by Crippen LogP contribution is 2.15. The van der Waals surface area contributed by atoms with Crippen LogP contribution in [0.25, 0.3) is 0 Å². The third-order valence-corrected chi connectivity index (χ3v) is 12.9. The fraction of sp³-hybridized carbons (Fsp3) is 0.738. The Hall–Kier alpha value is -3.41. The lowest BCUT2D eigenvalue weighted by Gasteiger charge is -2.18. The maximum absolute atomic E-state index is 12.9. The normalized spacial score (nSPS) is 12.7. The number of rotatable bonds is 54. The zero-order valence-electron chi connectivity index (χ0n) is 46.7. The topological polar surface area (TPSA) is 78.9 Å². The number of unbranched alkanes of at least 4 members (excludes halogenated alkanes) is 29. The molecule has 408 valence electrons. The second-order valence-corrected chi connectivity index (χ2v) is 19.9. The van der Waals surface area contributed by atoms with Crippen molar-refractivity contribution in [1.82, 2.24) is 0 Å². The van der Waals surface area contributed by atoms with Crippen LogP contribution in [-0.4, -0.2) is 37.2 Å². The van der Waals surface area contributed by atoms with E-state index in [4.69, 9.17) is 14.2 Å². The van der Waals surface area contributed by atoms with Crippen LogP contribution in [-0.2, 0) is 28.6 Å². The molecule has 71 heavy (non-hydrogen) atoms. The van der Waals surface area contributed by atoms with E-state index in [0.717, 1.165) is 103 Å². The van der Waals surface area contributed by atoms with Gasteiger partial charge < -0.3 is 14.2 Å². The van der Waals surface area contributed by atoms with Crippen LogP contribution in [0, 0.1) is 0 Å². The fourth-order valence-corrected chi connectivity index (χ4v) is 8.34. The van der Waals surface area contributed by atoms with Crippen LogP contribution < -0.4 is 0 Å². The molecule has 0 heterocycles. The van der Waals surface area contributed by atoms with E-state index in [9.17, 15) is 14.4 Å². The van der Waals surface area contributed by atoms with Crippen LogP contribution in [0.4, 0.5) is 0 Å². The number of hydrogen-bond donors (Lipinski definition) is 0. The molecule has 0 fully saturated rings. The Balaban J connectivity index is 4.35. The summed E-state index contributed by atoms with van der Waals surface area (Å²) in [7, 11) is 0. The van der Waals surface area contributed by atoms with Gasteiger partial charge in [0.2, 0.25) is 0 Å². The molecule has 0 aromatic rings. The minimum absolute atomic E-state index is 0.0899. The molecule has 0 bridgehead atoms. The van der Waals surface area contributed by atoms with E-state index >= 15 is 0 Å². The van der Waals surface area contributed by atoms with Crippen molar-refractivity contribution in [1.29, 1.82) is 0 Å². The van der Waals surface area contributed by atoms with Gasteiger partial charge in [0, 0.05) is 19.3 Å². The zero-order valence-corrected chi connectivity index (χ0v) is 46.7. The Morgan fingerprint density at radius 1 is 0.296 bits per heavy atom. The molecular weight excluding hydrogens is 877 g/mol. The van der Waals surface area contributed by atoms with E-state index in [1.165, 1.54) is 148 Å². The average Bonchev–Trinajstić information content (AvgIpc) is 3.37. The molecule has 6 heteroatoms. The standard InChI is InChI=1S/C65H112O6/c1-4-7-10-13-16-19-22-25-27-29-30-31-32-33-34-36-37-40-43-46-49-52-55-58-64(67)70-61-62(60-69-63(66)57-54-51-48-45-42-39-24-21-18-15-12-9-6-3)71-65(68)59-56-53-50-47-44-41-38-35-28-26-23-20-17-14-11-8-5-2/h9,12,17-18,20-22,25-26,28-30,39,42,62H,4-8,10-11,13-16,19,23-24,27,31-38,40-41,43-61H2,1-3H3/b12-9-,20-17-,21-18-,25-22-,28-26-,30-29-,42-39-. The third-order valence-electron chi connectivity index (χ3n) is 12.9. The number of carbonyl (C=O) groups excluding carboxylic acids is 3. The zero-order chi connectivity index (χ0) is 51.4. The Kier molecular flexibility index (Phi) is 56.3. The number of carbonyl (C=O) groups is 3. The minimum Gasteiger partial charge on any atom is -0.462 e. The van der Waals surface area contributed by atoms with Gasteiger partial charge in [-0.25, -0.2) is 0 Å². The Morgan fingerprint density at radius 3 is 0.901 bits per heavy atom. The highest BCUT2D eigenvalue weighted by molar-refractivity contribution is 5.71. The van der Waals surface area contributed by atoms with Gasteiger partial charge in [-0.15, -0.1) is 0 Å². The summed E-state index contributed by atoms with van der Waals surface area (Å²) in [5.74, 6) is -0.923. The number of hydrogen-bond acceptors (Lipinski definition) is 6. The summed E-state index contributed by atoms with van der Waals surface area (Å²) in [5, 5.41) is 0. The second-order valence-electron chi connectivity index (χ2n) is 19.9. The third kappa shape index (κ3) is 57.4. The van der Waals surface area contributed by atoms with Gasteiger partial charge in [0.25, 0.3) is 0 Å². The first-order chi connectivity index (χ1) is 35.0. The van der Waals surface area contributed by atoms with Crippen molar-refractivity contribution in [3.63, 3.8) is 0 Å². The molecule has 0 saturated heterocycles. The van der Waals surface area contributed by atoms with E-state index in [2.05, 4.69) is 106 Å². The first-order valence-electron chi connectivity index (χ1n) is 30.1. The SMILES string of the molecule is CC/C=C\C/C=C\C/C=C\CCCCCC(=O)OCC(COC(=O)CCCCCCCCCCCCC/C=C\C/C=C\CCCCCCC)OC(=O)CCCCCCCCC/C=C\C/C=C\CCCCC. The van der Waals surface area contributed by atoms with Crippen LogP contribution in [0.15, 0.2) is 85.1 Å². The van der Waals surface area contributed by atoms with Crippen molar-refractivity contribution in [3.05, 3.63) is 85.1 Å². The van der Waals surface area contributed by atoms with Crippen molar-refractivity contribution in [2.45, 2.75) is 297 Å². The lowest BCUT2D eigenvalue weighted by molar-refractivity contribution is -0.167. The average molecular weight is 990 g/mol. The molecule has 0 amide bonds. The van der Waals surface area contributed by atoms with E-state index in [0.29, 0.717) is 19.3 Å². The highest BCUT2D eigenvalue weighted by Gasteiger charge is 2.19. The van der Waals surface area contributed by atoms with Crippen molar-refractivity contribution in [2.24, 2.45) is 0 Å². The largest absolute Gasteiger partial charge is 0.462 e. The van der Waals surface area contributed by atoms with Crippen molar-refractivity contribution in [3.8, 4) is 0 Å². The maximum atomic E-state index is 12.9. The Bertz CT molecular complexity index is 1370. The summed E-state index contributed by atoms with van der Waals surface area (Å²) in [6, 6.07) is 0. The van der Waals surface area contributed by atoms with Gasteiger partial charge in [-0.2, -0.15) is 0 Å². The fourth-order valence-electron chi connectivity index (χ4n) is 8.34. The van der Waals surface area contributed by atoms with E-state index in [1.807, 2.05) is 0 Å². The Morgan fingerprint density at radius 2 is 0.549 bits per heavy atom. The smallest absolute Gasteiger partial charge is 0.306 e. The molecule has 6 nitrogen and oxygen atoms in total. The monoisotopic (exact) mass is 989 g/mol. The summed E-state index contributed by atoms with van der Waals surface area (Å²) in [4.78, 5) is 38.2. The quantitative estimate of drug-likeness (QED) is 0.0261. The van der Waals surface area contributed by atoms with Gasteiger partial charge in [0.05, 0.1) is 0 Å². The lowest BCUT2D eigenvalue weighted by Crippen LogP contribution is -2.30. The predicted molar refractivity (Wildman–Crippen MR) is 307 cm³/mol. The predicted octanol–water partition coefficient (Wildman–Crippen LogP) is 20.3. The summed E-state index contributed by atoms with van der Waals surface area (Å²) >= 11 is 0. The molecular formula is C65H112O6. The minimum atomic E-state index is -0.794. The van der Waals surface area contributed by atoms with Crippen LogP contribution in [0.1, 0.15) is 290 Å². The molecule has 0 rings (SSSR count). The summed E-state index contributed by atoms with van der Waals surface area (Å²) < 4.78 is 16.9. The number of allylic oxidation sites excluding steroid dienone is 14. The lowest BCUT2D eigenvalue weighted by atomic mass is 10.0. The van der Waals surface area contributed by atoms with Crippen molar-refractivity contribution >= 4 is 17.9 Å². The van der Waals surface area contributed by atoms with Gasteiger partial charge >= 0.3 is 17.9 Å². The number of ether oxygens (including phenoxy) is 3.